The second-order valence-corrected chi connectivity index (χ2v) is 6.81. The van der Waals surface area contributed by atoms with Crippen LogP contribution in [0.2, 0.25) is 0 Å². The van der Waals surface area contributed by atoms with E-state index in [1.54, 1.807) is 35.2 Å². The van der Waals surface area contributed by atoms with E-state index in [2.05, 4.69) is 25.8 Å². The molecule has 7 nitrogen and oxygen atoms in total. The third kappa shape index (κ3) is 2.99. The molecule has 4 aromatic rings. The lowest BCUT2D eigenvalue weighted by atomic mass is 10.1. The maximum absolute atomic E-state index is 12.6. The molecule has 1 amide bonds. The molecule has 0 unspecified atom stereocenters. The fraction of sp³-hybridized carbons (Fsp3) is 0.118. The smallest absolute Gasteiger partial charge is 0.255 e. The molecule has 2 aromatic heterocycles. The van der Waals surface area contributed by atoms with Crippen LogP contribution in [0.5, 0.6) is 0 Å². The number of benzene rings is 2. The first-order valence-corrected chi connectivity index (χ1v) is 8.43. The normalized spacial score (nSPS) is 11.0. The first kappa shape index (κ1) is 15.4. The summed E-state index contributed by atoms with van der Waals surface area (Å²) in [5.41, 5.74) is 3.01. The SMILES string of the molecule is Cc1nc2ccc(NC(=O)c3cccc(-c4nnnn4C)c3)cc2s1. The number of nitrogens with zero attached hydrogens (tertiary/aromatic N) is 5. The molecular weight excluding hydrogens is 336 g/mol. The Morgan fingerprint density at radius 1 is 1.20 bits per heavy atom. The van der Waals surface area contributed by atoms with Crippen molar-refractivity contribution < 1.29 is 4.79 Å². The maximum atomic E-state index is 12.6. The Morgan fingerprint density at radius 3 is 2.88 bits per heavy atom. The standard InChI is InChI=1S/C17H14N6OS/c1-10-18-14-7-6-13(9-15(14)25-10)19-17(24)12-5-3-4-11(8-12)16-20-21-22-23(16)2/h3-9H,1-2H3,(H,19,24). The molecule has 0 saturated carbocycles. The fourth-order valence-corrected chi connectivity index (χ4v) is 3.46. The van der Waals surface area contributed by atoms with Gasteiger partial charge in [-0.3, -0.25) is 4.79 Å². The summed E-state index contributed by atoms with van der Waals surface area (Å²) in [5.74, 6) is 0.425. The molecule has 0 aliphatic carbocycles. The van der Waals surface area contributed by atoms with Crippen molar-refractivity contribution >= 4 is 33.1 Å². The van der Waals surface area contributed by atoms with Gasteiger partial charge in [0.1, 0.15) is 0 Å². The van der Waals surface area contributed by atoms with E-state index in [0.717, 1.165) is 26.5 Å². The van der Waals surface area contributed by atoms with Crippen molar-refractivity contribution in [2.24, 2.45) is 7.05 Å². The largest absolute Gasteiger partial charge is 0.322 e. The summed E-state index contributed by atoms with van der Waals surface area (Å²) in [6.45, 7) is 1.97. The maximum Gasteiger partial charge on any atom is 0.255 e. The zero-order valence-corrected chi connectivity index (χ0v) is 14.4. The van der Waals surface area contributed by atoms with E-state index in [1.807, 2.05) is 37.3 Å². The Labute approximate surface area is 147 Å². The number of amides is 1. The summed E-state index contributed by atoms with van der Waals surface area (Å²) >= 11 is 1.60. The highest BCUT2D eigenvalue weighted by atomic mass is 32.1. The van der Waals surface area contributed by atoms with Crippen molar-refractivity contribution in [3.8, 4) is 11.4 Å². The first-order valence-electron chi connectivity index (χ1n) is 7.61. The third-order valence-electron chi connectivity index (χ3n) is 3.76. The number of aryl methyl sites for hydroxylation is 2. The molecule has 0 saturated heterocycles. The fourth-order valence-electron chi connectivity index (χ4n) is 2.59. The van der Waals surface area contributed by atoms with E-state index in [9.17, 15) is 4.79 Å². The van der Waals surface area contributed by atoms with Crippen molar-refractivity contribution in [3.05, 3.63) is 53.0 Å². The number of aromatic nitrogens is 5. The summed E-state index contributed by atoms with van der Waals surface area (Å²) in [6, 6.07) is 12.9. The summed E-state index contributed by atoms with van der Waals surface area (Å²) in [7, 11) is 1.76. The van der Waals surface area contributed by atoms with Crippen LogP contribution in [0.1, 0.15) is 15.4 Å². The van der Waals surface area contributed by atoms with Crippen LogP contribution < -0.4 is 5.32 Å². The lowest BCUT2D eigenvalue weighted by molar-refractivity contribution is 0.102. The molecule has 2 heterocycles. The average Bonchev–Trinajstić information content (AvgIpc) is 3.19. The van der Waals surface area contributed by atoms with E-state index >= 15 is 0 Å². The van der Waals surface area contributed by atoms with Crippen molar-refractivity contribution in [3.63, 3.8) is 0 Å². The minimum absolute atomic E-state index is 0.183. The second kappa shape index (κ2) is 6.06. The van der Waals surface area contributed by atoms with Gasteiger partial charge >= 0.3 is 0 Å². The summed E-state index contributed by atoms with van der Waals surface area (Å²) in [5, 5.41) is 15.3. The van der Waals surface area contributed by atoms with Crippen molar-refractivity contribution in [2.45, 2.75) is 6.92 Å². The quantitative estimate of drug-likeness (QED) is 0.614. The molecule has 0 atom stereocenters. The lowest BCUT2D eigenvalue weighted by Gasteiger charge is -2.07. The molecular formula is C17H14N6OS. The van der Waals surface area contributed by atoms with Crippen LogP contribution in [-0.4, -0.2) is 31.1 Å². The number of hydrogen-bond donors (Lipinski definition) is 1. The highest BCUT2D eigenvalue weighted by molar-refractivity contribution is 7.18. The van der Waals surface area contributed by atoms with E-state index in [4.69, 9.17) is 0 Å². The summed E-state index contributed by atoms with van der Waals surface area (Å²) in [6.07, 6.45) is 0. The Balaban J connectivity index is 1.61. The highest BCUT2D eigenvalue weighted by Gasteiger charge is 2.11. The Morgan fingerprint density at radius 2 is 2.08 bits per heavy atom. The molecule has 4 rings (SSSR count). The van der Waals surface area contributed by atoms with Gasteiger partial charge in [-0.2, -0.15) is 0 Å². The number of anilines is 1. The van der Waals surface area contributed by atoms with Gasteiger partial charge in [-0.05, 0) is 47.7 Å². The number of nitrogens with one attached hydrogen (secondary N) is 1. The number of tetrazole rings is 1. The molecule has 0 fully saturated rings. The molecule has 2 aromatic carbocycles. The molecule has 8 heteroatoms. The number of rotatable bonds is 3. The van der Waals surface area contributed by atoms with E-state index in [1.165, 1.54) is 0 Å². The minimum Gasteiger partial charge on any atom is -0.322 e. The van der Waals surface area contributed by atoms with E-state index < -0.39 is 0 Å². The first-order chi connectivity index (χ1) is 12.1. The van der Waals surface area contributed by atoms with Gasteiger partial charge in [-0.1, -0.05) is 12.1 Å². The number of carbonyl (C=O) groups excluding carboxylic acids is 1. The average molecular weight is 350 g/mol. The van der Waals surface area contributed by atoms with Gasteiger partial charge in [-0.15, -0.1) is 16.4 Å². The molecule has 124 valence electrons. The van der Waals surface area contributed by atoms with Crippen LogP contribution in [0.4, 0.5) is 5.69 Å². The van der Waals surface area contributed by atoms with Crippen molar-refractivity contribution in [1.82, 2.24) is 25.2 Å². The Bertz CT molecular complexity index is 1080. The van der Waals surface area contributed by atoms with Crippen LogP contribution >= 0.6 is 11.3 Å². The predicted octanol–water partition coefficient (Wildman–Crippen LogP) is 3.05. The molecule has 25 heavy (non-hydrogen) atoms. The van der Waals surface area contributed by atoms with Gasteiger partial charge < -0.3 is 5.32 Å². The van der Waals surface area contributed by atoms with Crippen LogP contribution in [-0.2, 0) is 7.05 Å². The Kier molecular flexibility index (Phi) is 3.73. The number of fused-ring (bicyclic) bond motifs is 1. The van der Waals surface area contributed by atoms with Crippen LogP contribution in [0, 0.1) is 6.92 Å². The Hall–Kier alpha value is -3.13. The van der Waals surface area contributed by atoms with Gasteiger partial charge in [-0.25, -0.2) is 9.67 Å². The summed E-state index contributed by atoms with van der Waals surface area (Å²) in [4.78, 5) is 17.0. The molecule has 0 spiro atoms. The van der Waals surface area contributed by atoms with Gasteiger partial charge in [0.25, 0.3) is 5.91 Å². The molecule has 1 N–H and O–H groups in total. The lowest BCUT2D eigenvalue weighted by Crippen LogP contribution is -2.12. The van der Waals surface area contributed by atoms with Crippen LogP contribution in [0.15, 0.2) is 42.5 Å². The van der Waals surface area contributed by atoms with Crippen molar-refractivity contribution in [1.29, 1.82) is 0 Å². The summed E-state index contributed by atoms with van der Waals surface area (Å²) < 4.78 is 2.62. The third-order valence-corrected chi connectivity index (χ3v) is 4.69. The van der Waals surface area contributed by atoms with Gasteiger partial charge in [0.15, 0.2) is 5.82 Å². The van der Waals surface area contributed by atoms with Gasteiger partial charge in [0.2, 0.25) is 0 Å². The predicted molar refractivity (Wildman–Crippen MR) is 96.5 cm³/mol. The topological polar surface area (TPSA) is 85.6 Å². The highest BCUT2D eigenvalue weighted by Crippen LogP contribution is 2.25. The molecule has 0 radical (unpaired) electrons. The number of thiazole rings is 1. The minimum atomic E-state index is -0.183. The number of hydrogen-bond acceptors (Lipinski definition) is 6. The second-order valence-electron chi connectivity index (χ2n) is 5.58. The van der Waals surface area contributed by atoms with E-state index in [-0.39, 0.29) is 5.91 Å². The van der Waals surface area contributed by atoms with Crippen LogP contribution in [0.25, 0.3) is 21.6 Å². The van der Waals surface area contributed by atoms with Gasteiger partial charge in [0.05, 0.1) is 15.2 Å². The van der Waals surface area contributed by atoms with Crippen molar-refractivity contribution in [2.75, 3.05) is 5.32 Å². The number of carbonyl (C=O) groups is 1. The zero-order valence-electron chi connectivity index (χ0n) is 13.6. The van der Waals surface area contributed by atoms with E-state index in [0.29, 0.717) is 11.4 Å². The van der Waals surface area contributed by atoms with Gasteiger partial charge in [0, 0.05) is 23.9 Å². The zero-order chi connectivity index (χ0) is 17.4. The molecule has 0 aliphatic rings. The molecule has 0 bridgehead atoms. The van der Waals surface area contributed by atoms with Crippen LogP contribution in [0.3, 0.4) is 0 Å². The monoisotopic (exact) mass is 350 g/mol. The molecule has 0 aliphatic heterocycles.